The van der Waals surface area contributed by atoms with Crippen LogP contribution in [0.25, 0.3) is 5.69 Å². The average Bonchev–Trinajstić information content (AvgIpc) is 3.02. The molecule has 3 aromatic rings. The van der Waals surface area contributed by atoms with E-state index < -0.39 is 0 Å². The lowest BCUT2D eigenvalue weighted by molar-refractivity contribution is -0.142. The molecular formula is C20H18N4O2S. The minimum absolute atomic E-state index is 0.0761. The Hall–Kier alpha value is -2.93. The average molecular weight is 378 g/mol. The van der Waals surface area contributed by atoms with Gasteiger partial charge in [0.15, 0.2) is 18.3 Å². The first-order valence-corrected chi connectivity index (χ1v) is 9.75. The lowest BCUT2D eigenvalue weighted by Crippen LogP contribution is -2.11. The van der Waals surface area contributed by atoms with Gasteiger partial charge >= 0.3 is 5.97 Å². The van der Waals surface area contributed by atoms with Gasteiger partial charge in [0.2, 0.25) is 0 Å². The van der Waals surface area contributed by atoms with Gasteiger partial charge in [0.25, 0.3) is 0 Å². The topological polar surface area (TPSA) is 69.4 Å². The zero-order chi connectivity index (χ0) is 18.8. The highest BCUT2D eigenvalue weighted by molar-refractivity contribution is 7.98. The maximum absolute atomic E-state index is 11.2. The van der Waals surface area contributed by atoms with Crippen molar-refractivity contribution in [3.63, 3.8) is 0 Å². The van der Waals surface area contributed by atoms with Gasteiger partial charge in [-0.15, -0.1) is 22.0 Å². The highest BCUT2D eigenvalue weighted by Crippen LogP contribution is 2.29. The van der Waals surface area contributed by atoms with E-state index in [1.165, 1.54) is 6.92 Å². The molecule has 1 aromatic heterocycles. The minimum atomic E-state index is -0.347. The second kappa shape index (κ2) is 7.36. The van der Waals surface area contributed by atoms with E-state index in [0.717, 1.165) is 33.2 Å². The van der Waals surface area contributed by atoms with Crippen molar-refractivity contribution in [1.82, 2.24) is 14.8 Å². The van der Waals surface area contributed by atoms with E-state index in [0.29, 0.717) is 12.4 Å². The van der Waals surface area contributed by atoms with Gasteiger partial charge in [-0.1, -0.05) is 30.3 Å². The molecule has 2 aromatic carbocycles. The van der Waals surface area contributed by atoms with Crippen LogP contribution in [0.1, 0.15) is 29.7 Å². The molecule has 136 valence electrons. The van der Waals surface area contributed by atoms with E-state index in [1.807, 2.05) is 29.0 Å². The molecule has 4 rings (SSSR count). The van der Waals surface area contributed by atoms with Gasteiger partial charge in [-0.3, -0.25) is 14.4 Å². The zero-order valence-electron chi connectivity index (χ0n) is 15.0. The molecule has 0 fully saturated rings. The first kappa shape index (κ1) is 17.5. The maximum atomic E-state index is 11.2. The van der Waals surface area contributed by atoms with Crippen molar-refractivity contribution in [2.75, 3.05) is 6.26 Å². The number of ether oxygens (including phenoxy) is 1. The van der Waals surface area contributed by atoms with Crippen LogP contribution in [0.5, 0.6) is 0 Å². The van der Waals surface area contributed by atoms with Gasteiger partial charge in [0, 0.05) is 22.9 Å². The molecule has 0 bridgehead atoms. The van der Waals surface area contributed by atoms with Crippen LogP contribution in [-0.4, -0.2) is 32.7 Å². The van der Waals surface area contributed by atoms with E-state index in [4.69, 9.17) is 9.73 Å². The molecule has 0 saturated carbocycles. The number of nitrogens with zero attached hydrogens (tertiary/aromatic N) is 4. The Morgan fingerprint density at radius 1 is 1.19 bits per heavy atom. The number of hydrogen-bond donors (Lipinski definition) is 0. The smallest absolute Gasteiger partial charge is 0.303 e. The van der Waals surface area contributed by atoms with Crippen molar-refractivity contribution in [3.05, 3.63) is 71.3 Å². The van der Waals surface area contributed by atoms with Crippen molar-refractivity contribution >= 4 is 23.4 Å². The molecule has 0 atom stereocenters. The predicted octanol–water partition coefficient (Wildman–Crippen LogP) is 3.40. The summed E-state index contributed by atoms with van der Waals surface area (Å²) in [5.41, 5.74) is 3.92. The summed E-state index contributed by atoms with van der Waals surface area (Å²) in [7, 11) is 0. The van der Waals surface area contributed by atoms with E-state index >= 15 is 0 Å². The van der Waals surface area contributed by atoms with Crippen molar-refractivity contribution in [2.45, 2.75) is 25.0 Å². The zero-order valence-corrected chi connectivity index (χ0v) is 15.9. The fourth-order valence-corrected chi connectivity index (χ4v) is 3.54. The third-order valence-corrected chi connectivity index (χ3v) is 5.05. The van der Waals surface area contributed by atoms with Crippen LogP contribution >= 0.6 is 11.8 Å². The van der Waals surface area contributed by atoms with Gasteiger partial charge in [0.1, 0.15) is 6.54 Å². The van der Waals surface area contributed by atoms with Gasteiger partial charge in [-0.05, 0) is 24.5 Å². The van der Waals surface area contributed by atoms with Crippen LogP contribution in [0, 0.1) is 0 Å². The molecule has 0 amide bonds. The molecule has 1 aliphatic heterocycles. The van der Waals surface area contributed by atoms with Crippen LogP contribution in [0.15, 0.2) is 58.4 Å². The van der Waals surface area contributed by atoms with Crippen molar-refractivity contribution < 1.29 is 9.53 Å². The summed E-state index contributed by atoms with van der Waals surface area (Å²) in [5, 5.41) is 8.49. The first-order chi connectivity index (χ1) is 13.2. The molecule has 0 radical (unpaired) electrons. The van der Waals surface area contributed by atoms with Gasteiger partial charge < -0.3 is 4.74 Å². The first-order valence-electron chi connectivity index (χ1n) is 8.52. The highest BCUT2D eigenvalue weighted by atomic mass is 32.2. The van der Waals surface area contributed by atoms with Crippen LogP contribution < -0.4 is 0 Å². The lowest BCUT2D eigenvalue weighted by atomic mass is 10.0. The van der Waals surface area contributed by atoms with Crippen molar-refractivity contribution in [2.24, 2.45) is 4.99 Å². The SMILES string of the molecule is CSc1ccc2c(c1)C(c1ccccc1)=NCc1nnc(COC(C)=O)n1-2. The predicted molar refractivity (Wildman–Crippen MR) is 104 cm³/mol. The summed E-state index contributed by atoms with van der Waals surface area (Å²) in [6, 6.07) is 16.4. The fourth-order valence-electron chi connectivity index (χ4n) is 3.10. The Morgan fingerprint density at radius 3 is 2.74 bits per heavy atom. The molecule has 0 unspecified atom stereocenters. The normalized spacial score (nSPS) is 12.6. The molecule has 0 aliphatic carbocycles. The quantitative estimate of drug-likeness (QED) is 0.514. The summed E-state index contributed by atoms with van der Waals surface area (Å²) >= 11 is 1.68. The number of hydrogen-bond acceptors (Lipinski definition) is 6. The second-order valence-corrected chi connectivity index (χ2v) is 6.94. The molecule has 1 aliphatic rings. The minimum Gasteiger partial charge on any atom is -0.458 e. The molecule has 6 nitrogen and oxygen atoms in total. The number of fused-ring (bicyclic) bond motifs is 3. The number of aromatic nitrogens is 3. The van der Waals surface area contributed by atoms with Crippen molar-refractivity contribution in [1.29, 1.82) is 0 Å². The lowest BCUT2D eigenvalue weighted by Gasteiger charge is -2.14. The Balaban J connectivity index is 1.89. The summed E-state index contributed by atoms with van der Waals surface area (Å²) in [6.45, 7) is 1.86. The van der Waals surface area contributed by atoms with Crippen LogP contribution in [0.4, 0.5) is 0 Å². The van der Waals surface area contributed by atoms with E-state index in [1.54, 1.807) is 11.8 Å². The molecule has 2 heterocycles. The fraction of sp³-hybridized carbons (Fsp3) is 0.200. The standard InChI is InChI=1S/C20H18N4O2S/c1-13(25)26-12-19-23-22-18-11-21-20(14-6-4-3-5-7-14)16-10-15(27-2)8-9-17(16)24(18)19/h3-10H,11-12H2,1-2H3. The Kier molecular flexibility index (Phi) is 4.77. The number of rotatable bonds is 4. The number of carbonyl (C=O) groups is 1. The third-order valence-electron chi connectivity index (χ3n) is 4.33. The number of benzene rings is 2. The largest absolute Gasteiger partial charge is 0.458 e. The molecular weight excluding hydrogens is 360 g/mol. The molecule has 0 N–H and O–H groups in total. The van der Waals surface area contributed by atoms with E-state index in [9.17, 15) is 4.79 Å². The van der Waals surface area contributed by atoms with Gasteiger partial charge in [-0.2, -0.15) is 0 Å². The van der Waals surface area contributed by atoms with Crippen LogP contribution in [0.3, 0.4) is 0 Å². The maximum Gasteiger partial charge on any atom is 0.303 e. The summed E-state index contributed by atoms with van der Waals surface area (Å²) in [4.78, 5) is 17.2. The summed E-state index contributed by atoms with van der Waals surface area (Å²) < 4.78 is 7.11. The molecule has 7 heteroatoms. The number of carbonyl (C=O) groups excluding carboxylic acids is 1. The van der Waals surface area contributed by atoms with Gasteiger partial charge in [-0.25, -0.2) is 0 Å². The Labute approximate surface area is 161 Å². The number of esters is 1. The van der Waals surface area contributed by atoms with Crippen LogP contribution in [-0.2, 0) is 22.7 Å². The van der Waals surface area contributed by atoms with Crippen LogP contribution in [0.2, 0.25) is 0 Å². The molecule has 27 heavy (non-hydrogen) atoms. The summed E-state index contributed by atoms with van der Waals surface area (Å²) in [6.07, 6.45) is 2.05. The second-order valence-electron chi connectivity index (χ2n) is 6.06. The molecule has 0 spiro atoms. The Morgan fingerprint density at radius 2 is 2.00 bits per heavy atom. The van der Waals surface area contributed by atoms with E-state index in [-0.39, 0.29) is 12.6 Å². The summed E-state index contributed by atoms with van der Waals surface area (Å²) in [5.74, 6) is 0.962. The number of thioether (sulfide) groups is 1. The monoisotopic (exact) mass is 378 g/mol. The highest BCUT2D eigenvalue weighted by Gasteiger charge is 2.23. The van der Waals surface area contributed by atoms with E-state index in [2.05, 4.69) is 40.5 Å². The van der Waals surface area contributed by atoms with Gasteiger partial charge in [0.05, 0.1) is 11.4 Å². The van der Waals surface area contributed by atoms with Crippen molar-refractivity contribution in [3.8, 4) is 5.69 Å². The number of aliphatic imine (C=N–C) groups is 1. The molecule has 0 saturated heterocycles. The Bertz CT molecular complexity index is 1030. The third kappa shape index (κ3) is 3.38.